The van der Waals surface area contributed by atoms with Gasteiger partial charge in [-0.25, -0.2) is 15.0 Å². The van der Waals surface area contributed by atoms with Crippen molar-refractivity contribution in [2.24, 2.45) is 5.73 Å². The summed E-state index contributed by atoms with van der Waals surface area (Å²) in [6.07, 6.45) is 9.81. The molecule has 0 atom stereocenters. The molecule has 0 bridgehead atoms. The fourth-order valence-corrected chi connectivity index (χ4v) is 3.01. The van der Waals surface area contributed by atoms with Crippen molar-refractivity contribution in [2.45, 2.75) is 47.5 Å². The highest BCUT2D eigenvalue weighted by Crippen LogP contribution is 2.31. The average Bonchev–Trinajstić information content (AvgIpc) is 3.29. The first-order valence-electron chi connectivity index (χ1n) is 11.3. The molecule has 8 nitrogen and oxygen atoms in total. The van der Waals surface area contributed by atoms with Gasteiger partial charge >= 0.3 is 0 Å². The highest BCUT2D eigenvalue weighted by atomic mass is 16.2. The Morgan fingerprint density at radius 1 is 1.15 bits per heavy atom. The van der Waals surface area contributed by atoms with Gasteiger partial charge in [-0.15, -0.1) is 0 Å². The Kier molecular flexibility index (Phi) is 11.1. The third-order valence-electron chi connectivity index (χ3n) is 4.51. The largest absolute Gasteiger partial charge is 0.363 e. The lowest BCUT2D eigenvalue weighted by Gasteiger charge is -2.15. The zero-order valence-electron chi connectivity index (χ0n) is 20.8. The normalized spacial score (nSPS) is 10.5. The number of fused-ring (bicyclic) bond motifs is 1. The number of rotatable bonds is 8. The highest BCUT2D eigenvalue weighted by Gasteiger charge is 2.21. The third kappa shape index (κ3) is 6.25. The first-order chi connectivity index (χ1) is 16.4. The summed E-state index contributed by atoms with van der Waals surface area (Å²) in [5, 5.41) is 3.74. The van der Waals surface area contributed by atoms with E-state index in [1.165, 1.54) is 6.20 Å². The fraction of sp³-hybridized carbons (Fsp3) is 0.269. The molecule has 0 aliphatic carbocycles. The first kappa shape index (κ1) is 28.0. The van der Waals surface area contributed by atoms with Crippen LogP contribution >= 0.6 is 0 Å². The van der Waals surface area contributed by atoms with E-state index in [-0.39, 0.29) is 11.5 Å². The summed E-state index contributed by atoms with van der Waals surface area (Å²) in [7, 11) is 0. The Balaban J connectivity index is 0.00000137. The number of nitrogens with two attached hydrogens (primary N) is 1. The molecule has 0 radical (unpaired) electrons. The van der Waals surface area contributed by atoms with Gasteiger partial charge in [0, 0.05) is 29.7 Å². The van der Waals surface area contributed by atoms with Crippen LogP contribution < -0.4 is 11.1 Å². The van der Waals surface area contributed by atoms with Crippen molar-refractivity contribution in [3.63, 3.8) is 0 Å². The van der Waals surface area contributed by atoms with Gasteiger partial charge in [-0.1, -0.05) is 72.9 Å². The monoisotopic (exact) mass is 462 g/mol. The van der Waals surface area contributed by atoms with E-state index >= 15 is 0 Å². The molecule has 0 fully saturated rings. The van der Waals surface area contributed by atoms with Crippen LogP contribution in [0, 0.1) is 0 Å². The van der Waals surface area contributed by atoms with Crippen molar-refractivity contribution in [1.29, 1.82) is 0 Å². The Morgan fingerprint density at radius 2 is 1.82 bits per heavy atom. The van der Waals surface area contributed by atoms with Gasteiger partial charge in [-0.2, -0.15) is 0 Å². The Labute approximate surface area is 201 Å². The van der Waals surface area contributed by atoms with Crippen LogP contribution in [0.3, 0.4) is 0 Å². The molecule has 1 amide bonds. The van der Waals surface area contributed by atoms with Crippen molar-refractivity contribution in [3.05, 3.63) is 73.0 Å². The lowest BCUT2D eigenvalue weighted by Crippen LogP contribution is -2.22. The average molecular weight is 463 g/mol. The predicted molar refractivity (Wildman–Crippen MR) is 140 cm³/mol. The van der Waals surface area contributed by atoms with Crippen LogP contribution in [0.15, 0.2) is 56.0 Å². The van der Waals surface area contributed by atoms with Crippen LogP contribution in [0.1, 0.15) is 69.2 Å². The highest BCUT2D eigenvalue weighted by molar-refractivity contribution is 6.44. The number of primary amides is 1. The summed E-state index contributed by atoms with van der Waals surface area (Å²) in [6.45, 7) is 19.6. The van der Waals surface area contributed by atoms with Crippen LogP contribution in [0.4, 0.5) is 11.5 Å². The zero-order chi connectivity index (χ0) is 25.8. The summed E-state index contributed by atoms with van der Waals surface area (Å²) in [5.41, 5.74) is 7.94. The molecule has 0 saturated heterocycles. The summed E-state index contributed by atoms with van der Waals surface area (Å²) >= 11 is 0. The molecular weight excluding hydrogens is 428 g/mol. The number of carbonyl (C=O) groups excluding carboxylic acids is 2. The maximum absolute atomic E-state index is 12.2. The number of nitrogens with one attached hydrogen (secondary N) is 2. The molecule has 0 aromatic carbocycles. The fourth-order valence-electron chi connectivity index (χ4n) is 3.01. The maximum Gasteiger partial charge on any atom is 0.289 e. The second kappa shape index (κ2) is 13.5. The number of hydrogen-bond donors (Lipinski definition) is 3. The van der Waals surface area contributed by atoms with Gasteiger partial charge in [0.2, 0.25) is 0 Å². The Hall–Kier alpha value is -4.07. The number of hydrogen-bond acceptors (Lipinski definition) is 6. The molecule has 0 aliphatic rings. The second-order valence-electron chi connectivity index (χ2n) is 6.82. The summed E-state index contributed by atoms with van der Waals surface area (Å²) in [5.74, 6) is -0.661. The van der Waals surface area contributed by atoms with Gasteiger partial charge < -0.3 is 16.0 Å². The number of aromatic nitrogens is 4. The van der Waals surface area contributed by atoms with E-state index in [4.69, 9.17) is 5.73 Å². The first-order valence-corrected chi connectivity index (χ1v) is 11.3. The number of aromatic amines is 1. The van der Waals surface area contributed by atoms with Crippen LogP contribution in [-0.2, 0) is 4.79 Å². The number of anilines is 2. The van der Waals surface area contributed by atoms with Crippen molar-refractivity contribution in [3.8, 4) is 0 Å². The maximum atomic E-state index is 12.2. The van der Waals surface area contributed by atoms with Gasteiger partial charge in [-0.3, -0.25) is 9.59 Å². The minimum atomic E-state index is -1.04. The van der Waals surface area contributed by atoms with Gasteiger partial charge in [0.15, 0.2) is 5.82 Å². The quantitative estimate of drug-likeness (QED) is 0.224. The van der Waals surface area contributed by atoms with Crippen molar-refractivity contribution >= 4 is 39.8 Å². The van der Waals surface area contributed by atoms with Crippen molar-refractivity contribution < 1.29 is 9.59 Å². The SMILES string of the molecule is C=C/C=C(\C=C)c1ncc(C(C)C)c(Nc2ccnc3[nH]cc(C(=O)C(N)=O)c23)n1.CC.CC. The van der Waals surface area contributed by atoms with Crippen LogP contribution in [-0.4, -0.2) is 31.6 Å². The van der Waals surface area contributed by atoms with E-state index in [1.54, 1.807) is 36.7 Å². The Bertz CT molecular complexity index is 1190. The number of ketones is 1. The number of H-pyrrole nitrogens is 1. The number of amides is 1. The third-order valence-corrected chi connectivity index (χ3v) is 4.51. The molecule has 0 spiro atoms. The molecule has 0 unspecified atom stereocenters. The molecule has 3 aromatic heterocycles. The van der Waals surface area contributed by atoms with Crippen LogP contribution in [0.2, 0.25) is 0 Å². The van der Waals surface area contributed by atoms with E-state index in [0.717, 1.165) is 11.1 Å². The summed E-state index contributed by atoms with van der Waals surface area (Å²) in [6, 6.07) is 1.70. The summed E-state index contributed by atoms with van der Waals surface area (Å²) in [4.78, 5) is 39.9. The molecule has 0 saturated carbocycles. The number of Topliss-reactive ketones (excluding diaryl/α,β-unsaturated/α-hetero) is 1. The van der Waals surface area contributed by atoms with E-state index < -0.39 is 11.7 Å². The molecule has 3 heterocycles. The molecule has 3 aromatic rings. The number of allylic oxidation sites excluding steroid dienone is 4. The smallest absolute Gasteiger partial charge is 0.289 e. The molecule has 8 heteroatoms. The minimum Gasteiger partial charge on any atom is -0.363 e. The van der Waals surface area contributed by atoms with Crippen molar-refractivity contribution in [2.75, 3.05) is 5.32 Å². The molecule has 180 valence electrons. The van der Waals surface area contributed by atoms with E-state index in [0.29, 0.717) is 28.4 Å². The molecule has 34 heavy (non-hydrogen) atoms. The lowest BCUT2D eigenvalue weighted by atomic mass is 10.0. The van der Waals surface area contributed by atoms with Gasteiger partial charge in [0.25, 0.3) is 11.7 Å². The van der Waals surface area contributed by atoms with E-state index in [1.807, 2.05) is 41.5 Å². The molecular formula is C26H34N6O2. The molecule has 3 rings (SSSR count). The van der Waals surface area contributed by atoms with Gasteiger partial charge in [0.1, 0.15) is 11.5 Å². The molecule has 4 N–H and O–H groups in total. The predicted octanol–water partition coefficient (Wildman–Crippen LogP) is 5.70. The standard InChI is InChI=1S/C22H22N6O2.2C2H6/c1-5-7-13(6-2)20-25-10-14(12(3)4)21(28-20)27-16-8-9-24-22-17(16)15(11-26-22)18(29)19(23)30;2*1-2/h5-12H,1-2H2,3-4H3,(H2,23,30)(H2,24,25,26,27,28);2*1-2H3/b13-7+;;. The minimum absolute atomic E-state index is 0.132. The molecule has 0 aliphatic heterocycles. The number of nitrogens with zero attached hydrogens (tertiary/aromatic N) is 3. The zero-order valence-corrected chi connectivity index (χ0v) is 20.8. The second-order valence-corrected chi connectivity index (χ2v) is 6.82. The van der Waals surface area contributed by atoms with Gasteiger partial charge in [-0.05, 0) is 12.0 Å². The Morgan fingerprint density at radius 3 is 2.38 bits per heavy atom. The van der Waals surface area contributed by atoms with Crippen molar-refractivity contribution in [1.82, 2.24) is 19.9 Å². The summed E-state index contributed by atoms with van der Waals surface area (Å²) < 4.78 is 0. The van der Waals surface area contributed by atoms with E-state index in [9.17, 15) is 9.59 Å². The van der Waals surface area contributed by atoms with Crippen LogP contribution in [0.25, 0.3) is 16.6 Å². The lowest BCUT2D eigenvalue weighted by molar-refractivity contribution is -0.114. The topological polar surface area (TPSA) is 127 Å². The van der Waals surface area contributed by atoms with E-state index in [2.05, 4.69) is 38.4 Å². The van der Waals surface area contributed by atoms with Gasteiger partial charge in [0.05, 0.1) is 16.6 Å². The van der Waals surface area contributed by atoms with Crippen LogP contribution in [0.5, 0.6) is 0 Å². The number of pyridine rings is 1. The number of carbonyl (C=O) groups is 2.